The van der Waals surface area contributed by atoms with Crippen molar-refractivity contribution in [1.82, 2.24) is 5.32 Å². The molecule has 2 aromatic heterocycles. The molecule has 1 aliphatic heterocycles. The van der Waals surface area contributed by atoms with Crippen LogP contribution in [0.1, 0.15) is 32.2 Å². The highest BCUT2D eigenvalue weighted by molar-refractivity contribution is 7.18. The number of ether oxygens (including phenoxy) is 1. The molecule has 0 aromatic carbocycles. The van der Waals surface area contributed by atoms with Crippen LogP contribution in [0.2, 0.25) is 0 Å². The molecule has 3 heterocycles. The van der Waals surface area contributed by atoms with Crippen LogP contribution in [-0.4, -0.2) is 41.6 Å². The number of anilines is 1. The number of nitrogens with one attached hydrogen (secondary N) is 2. The first-order valence-corrected chi connectivity index (χ1v) is 8.32. The predicted molar refractivity (Wildman–Crippen MR) is 89.0 cm³/mol. The Morgan fingerprint density at radius 1 is 1.32 bits per heavy atom. The van der Waals surface area contributed by atoms with Gasteiger partial charge in [-0.3, -0.25) is 9.59 Å². The van der Waals surface area contributed by atoms with Crippen LogP contribution < -0.4 is 10.6 Å². The molecule has 1 fully saturated rings. The molecule has 9 heteroatoms. The Bertz CT molecular complexity index is 805. The maximum Gasteiger partial charge on any atom is 0.331 e. The van der Waals surface area contributed by atoms with Crippen LogP contribution in [-0.2, 0) is 9.53 Å². The fraction of sp³-hybridized carbons (Fsp3) is 0.312. The van der Waals surface area contributed by atoms with Crippen molar-refractivity contribution >= 4 is 34.1 Å². The van der Waals surface area contributed by atoms with Crippen LogP contribution in [0.25, 0.3) is 0 Å². The van der Waals surface area contributed by atoms with E-state index in [1.165, 1.54) is 12.3 Å². The first-order chi connectivity index (χ1) is 11.9. The molecule has 0 bridgehead atoms. The average Bonchev–Trinajstić information content (AvgIpc) is 3.28. The highest BCUT2D eigenvalue weighted by atomic mass is 32.1. The summed E-state index contributed by atoms with van der Waals surface area (Å²) in [4.78, 5) is 36.3. The average molecular weight is 364 g/mol. The molecule has 3 rings (SSSR count). The van der Waals surface area contributed by atoms with Crippen LogP contribution in [0.3, 0.4) is 0 Å². The zero-order chi connectivity index (χ0) is 18.0. The molecule has 0 spiro atoms. The van der Waals surface area contributed by atoms with Gasteiger partial charge in [-0.05, 0) is 30.7 Å². The van der Waals surface area contributed by atoms with Gasteiger partial charge in [0.15, 0.2) is 11.3 Å². The van der Waals surface area contributed by atoms with Gasteiger partial charge in [0.25, 0.3) is 11.8 Å². The zero-order valence-corrected chi connectivity index (χ0v) is 14.1. The molecule has 0 radical (unpaired) electrons. The van der Waals surface area contributed by atoms with Crippen molar-refractivity contribution in [3.8, 4) is 0 Å². The van der Waals surface area contributed by atoms with Crippen LogP contribution in [0.15, 0.2) is 28.9 Å². The van der Waals surface area contributed by atoms with Gasteiger partial charge < -0.3 is 24.9 Å². The second kappa shape index (κ2) is 6.69. The van der Waals surface area contributed by atoms with Crippen molar-refractivity contribution in [2.24, 2.45) is 0 Å². The van der Waals surface area contributed by atoms with E-state index in [1.54, 1.807) is 19.1 Å². The van der Waals surface area contributed by atoms with E-state index in [1.807, 2.05) is 0 Å². The van der Waals surface area contributed by atoms with E-state index in [0.29, 0.717) is 15.4 Å². The van der Waals surface area contributed by atoms with Gasteiger partial charge in [0.1, 0.15) is 0 Å². The third-order valence-corrected chi connectivity index (χ3v) is 5.04. The molecule has 2 amide bonds. The van der Waals surface area contributed by atoms with Crippen LogP contribution >= 0.6 is 11.3 Å². The molecule has 1 aliphatic rings. The van der Waals surface area contributed by atoms with E-state index >= 15 is 0 Å². The van der Waals surface area contributed by atoms with Gasteiger partial charge in [0.2, 0.25) is 0 Å². The lowest BCUT2D eigenvalue weighted by Gasteiger charge is -2.23. The van der Waals surface area contributed by atoms with Crippen molar-refractivity contribution in [3.63, 3.8) is 0 Å². The third kappa shape index (κ3) is 3.42. The lowest BCUT2D eigenvalue weighted by atomic mass is 9.99. The predicted octanol–water partition coefficient (Wildman–Crippen LogP) is 1.88. The van der Waals surface area contributed by atoms with E-state index in [9.17, 15) is 19.5 Å². The molecular weight excluding hydrogens is 348 g/mol. The SMILES string of the molecule is Cc1cc(NC(=O)c2ccco2)sc1C(=O)NC1(C(=O)O)CCOC1. The maximum atomic E-state index is 12.5. The fourth-order valence-electron chi connectivity index (χ4n) is 2.51. The van der Waals surface area contributed by atoms with Gasteiger partial charge in [-0.2, -0.15) is 0 Å². The van der Waals surface area contributed by atoms with Gasteiger partial charge in [0, 0.05) is 13.0 Å². The molecule has 1 saturated heterocycles. The van der Waals surface area contributed by atoms with E-state index in [4.69, 9.17) is 9.15 Å². The van der Waals surface area contributed by atoms with Gasteiger partial charge in [0.05, 0.1) is 22.7 Å². The van der Waals surface area contributed by atoms with E-state index in [-0.39, 0.29) is 25.4 Å². The number of thiophene rings is 1. The van der Waals surface area contributed by atoms with Crippen LogP contribution in [0.4, 0.5) is 5.00 Å². The lowest BCUT2D eigenvalue weighted by Crippen LogP contribution is -2.55. The summed E-state index contributed by atoms with van der Waals surface area (Å²) in [6.45, 7) is 1.92. The van der Waals surface area contributed by atoms with Gasteiger partial charge >= 0.3 is 5.97 Å². The smallest absolute Gasteiger partial charge is 0.331 e. The summed E-state index contributed by atoms with van der Waals surface area (Å²) in [5.41, 5.74) is -0.776. The minimum atomic E-state index is -1.41. The summed E-state index contributed by atoms with van der Waals surface area (Å²) in [5, 5.41) is 15.1. The summed E-state index contributed by atoms with van der Waals surface area (Å²) >= 11 is 1.07. The Hall–Kier alpha value is -2.65. The van der Waals surface area contributed by atoms with Crippen molar-refractivity contribution in [2.75, 3.05) is 18.5 Å². The highest BCUT2D eigenvalue weighted by Crippen LogP contribution is 2.28. The Morgan fingerprint density at radius 2 is 2.12 bits per heavy atom. The summed E-state index contributed by atoms with van der Waals surface area (Å²) < 4.78 is 10.1. The molecule has 8 nitrogen and oxygen atoms in total. The van der Waals surface area contributed by atoms with Crippen molar-refractivity contribution < 1.29 is 28.6 Å². The number of carboxylic acid groups (broad SMARTS) is 1. The Kier molecular flexibility index (Phi) is 4.60. The number of furan rings is 1. The number of carbonyl (C=O) groups excluding carboxylic acids is 2. The maximum absolute atomic E-state index is 12.5. The van der Waals surface area contributed by atoms with Crippen molar-refractivity contribution in [3.05, 3.63) is 40.7 Å². The summed E-state index contributed by atoms with van der Waals surface area (Å²) in [6.07, 6.45) is 1.60. The van der Waals surface area contributed by atoms with Crippen LogP contribution in [0, 0.1) is 6.92 Å². The highest BCUT2D eigenvalue weighted by Gasteiger charge is 2.44. The Balaban J connectivity index is 1.74. The Morgan fingerprint density at radius 3 is 2.72 bits per heavy atom. The number of aliphatic carboxylic acids is 1. The first-order valence-electron chi connectivity index (χ1n) is 7.50. The third-order valence-electron chi connectivity index (χ3n) is 3.89. The number of carbonyl (C=O) groups is 3. The number of hydrogen-bond donors (Lipinski definition) is 3. The topological polar surface area (TPSA) is 118 Å². The van der Waals surface area contributed by atoms with E-state index in [0.717, 1.165) is 11.3 Å². The van der Waals surface area contributed by atoms with Crippen molar-refractivity contribution in [2.45, 2.75) is 18.9 Å². The molecule has 0 saturated carbocycles. The number of rotatable bonds is 5. The van der Waals surface area contributed by atoms with E-state index in [2.05, 4.69) is 10.6 Å². The molecule has 132 valence electrons. The quantitative estimate of drug-likeness (QED) is 0.745. The number of hydrogen-bond acceptors (Lipinski definition) is 6. The van der Waals surface area contributed by atoms with Gasteiger partial charge in [-0.1, -0.05) is 0 Å². The molecule has 1 unspecified atom stereocenters. The molecule has 25 heavy (non-hydrogen) atoms. The minimum absolute atomic E-state index is 0.0689. The van der Waals surface area contributed by atoms with Crippen molar-refractivity contribution in [1.29, 1.82) is 0 Å². The standard InChI is InChI=1S/C16H16N2O6S/c1-9-7-11(17-13(19)10-3-2-5-24-10)25-12(9)14(20)18-16(15(21)22)4-6-23-8-16/h2-3,5,7H,4,6,8H2,1H3,(H,17,19)(H,18,20)(H,21,22). The summed E-state index contributed by atoms with van der Waals surface area (Å²) in [6, 6.07) is 4.78. The zero-order valence-electron chi connectivity index (χ0n) is 13.3. The molecule has 3 N–H and O–H groups in total. The molecule has 2 aromatic rings. The summed E-state index contributed by atoms with van der Waals surface area (Å²) in [7, 11) is 0. The van der Waals surface area contributed by atoms with E-state index < -0.39 is 23.3 Å². The fourth-order valence-corrected chi connectivity index (χ4v) is 3.47. The normalized spacial score (nSPS) is 19.6. The minimum Gasteiger partial charge on any atom is -0.479 e. The summed E-state index contributed by atoms with van der Waals surface area (Å²) in [5.74, 6) is -1.90. The van der Waals surface area contributed by atoms with Gasteiger partial charge in [-0.25, -0.2) is 4.79 Å². The van der Waals surface area contributed by atoms with Gasteiger partial charge in [-0.15, -0.1) is 11.3 Å². The Labute approximate surface area is 146 Å². The largest absolute Gasteiger partial charge is 0.479 e. The molecular formula is C16H16N2O6S. The second-order valence-electron chi connectivity index (χ2n) is 5.70. The first kappa shape index (κ1) is 17.2. The number of carboxylic acids is 1. The lowest BCUT2D eigenvalue weighted by molar-refractivity contribution is -0.144. The monoisotopic (exact) mass is 364 g/mol. The molecule has 1 atom stereocenters. The van der Waals surface area contributed by atoms with Crippen LogP contribution in [0.5, 0.6) is 0 Å². The number of amides is 2. The number of aryl methyl sites for hydroxylation is 1. The second-order valence-corrected chi connectivity index (χ2v) is 6.75. The molecule has 0 aliphatic carbocycles.